The van der Waals surface area contributed by atoms with Crippen LogP contribution < -0.4 is 0 Å². The van der Waals surface area contributed by atoms with Gasteiger partial charge in [0.25, 0.3) is 0 Å². The maximum Gasteiger partial charge on any atom is 0.0952 e. The Bertz CT molecular complexity index is 565. The van der Waals surface area contributed by atoms with Crippen molar-refractivity contribution in [3.63, 3.8) is 0 Å². The number of hydrogen-bond donors (Lipinski definition) is 1. The van der Waals surface area contributed by atoms with Crippen molar-refractivity contribution < 1.29 is 9.84 Å². The fourth-order valence-corrected chi connectivity index (χ4v) is 2.86. The van der Waals surface area contributed by atoms with Gasteiger partial charge in [0.1, 0.15) is 0 Å². The highest BCUT2D eigenvalue weighted by atomic mass is 16.5. The Kier molecular flexibility index (Phi) is 4.68. The second-order valence-electron chi connectivity index (χ2n) is 5.65. The Morgan fingerprint density at radius 2 is 2.00 bits per heavy atom. The number of aromatic nitrogens is 2. The van der Waals surface area contributed by atoms with Gasteiger partial charge in [0.15, 0.2) is 0 Å². The predicted octanol–water partition coefficient (Wildman–Crippen LogP) is 2.34. The summed E-state index contributed by atoms with van der Waals surface area (Å²) in [6.45, 7) is 1.46. The monoisotopic (exact) mass is 286 g/mol. The lowest BCUT2D eigenvalue weighted by Crippen LogP contribution is -2.23. The minimum atomic E-state index is -0.492. The molecule has 1 N–H and O–H groups in total. The molecule has 4 heteroatoms. The lowest BCUT2D eigenvalue weighted by atomic mass is 10.0. The molecule has 1 aromatic carbocycles. The Morgan fingerprint density at radius 3 is 2.86 bits per heavy atom. The summed E-state index contributed by atoms with van der Waals surface area (Å²) in [5.74, 6) is 0. The molecule has 0 fully saturated rings. The SMILES string of the molecule is OC(COCc1ccccc1)Cn1cnc2c1CCCC2. The number of aliphatic hydroxyl groups excluding tert-OH is 1. The molecule has 0 radical (unpaired) electrons. The molecule has 1 aliphatic rings. The van der Waals surface area contributed by atoms with Crippen molar-refractivity contribution in [2.45, 2.75) is 44.9 Å². The van der Waals surface area contributed by atoms with Gasteiger partial charge in [0, 0.05) is 5.69 Å². The van der Waals surface area contributed by atoms with Gasteiger partial charge in [-0.05, 0) is 31.2 Å². The molecule has 0 saturated heterocycles. The second kappa shape index (κ2) is 6.87. The third-order valence-electron chi connectivity index (χ3n) is 3.94. The van der Waals surface area contributed by atoms with E-state index in [0.717, 1.165) is 18.4 Å². The molecule has 1 heterocycles. The molecule has 1 unspecified atom stereocenters. The van der Waals surface area contributed by atoms with Crippen LogP contribution in [0.2, 0.25) is 0 Å². The van der Waals surface area contributed by atoms with Gasteiger partial charge in [-0.15, -0.1) is 0 Å². The number of benzene rings is 1. The van der Waals surface area contributed by atoms with Gasteiger partial charge in [-0.3, -0.25) is 0 Å². The summed E-state index contributed by atoms with van der Waals surface area (Å²) in [7, 11) is 0. The summed E-state index contributed by atoms with van der Waals surface area (Å²) in [5.41, 5.74) is 3.63. The smallest absolute Gasteiger partial charge is 0.0952 e. The molecule has 0 aliphatic heterocycles. The quantitative estimate of drug-likeness (QED) is 0.886. The summed E-state index contributed by atoms with van der Waals surface area (Å²) in [6, 6.07) is 10.0. The standard InChI is InChI=1S/C17H22N2O2/c20-15(12-21-11-14-6-2-1-3-7-14)10-19-13-18-16-8-4-5-9-17(16)19/h1-3,6-7,13,15,20H,4-5,8-12H2. The summed E-state index contributed by atoms with van der Waals surface area (Å²) in [5, 5.41) is 10.1. The number of imidazole rings is 1. The zero-order valence-corrected chi connectivity index (χ0v) is 12.2. The number of ether oxygens (including phenoxy) is 1. The first-order chi connectivity index (χ1) is 10.3. The maximum absolute atomic E-state index is 10.1. The summed E-state index contributed by atoms with van der Waals surface area (Å²) in [6.07, 6.45) is 5.96. The first-order valence-corrected chi connectivity index (χ1v) is 7.65. The Balaban J connectivity index is 1.48. The van der Waals surface area contributed by atoms with Crippen LogP contribution in [-0.4, -0.2) is 27.4 Å². The fourth-order valence-electron chi connectivity index (χ4n) is 2.86. The van der Waals surface area contributed by atoms with Crippen LogP contribution >= 0.6 is 0 Å². The molecule has 0 amide bonds. The van der Waals surface area contributed by atoms with Crippen molar-refractivity contribution in [3.8, 4) is 0 Å². The average Bonchev–Trinajstić information content (AvgIpc) is 2.92. The van der Waals surface area contributed by atoms with Gasteiger partial charge in [-0.25, -0.2) is 4.98 Å². The first-order valence-electron chi connectivity index (χ1n) is 7.65. The van der Waals surface area contributed by atoms with E-state index in [4.69, 9.17) is 4.74 Å². The van der Waals surface area contributed by atoms with Crippen LogP contribution in [0.15, 0.2) is 36.7 Å². The average molecular weight is 286 g/mol. The van der Waals surface area contributed by atoms with E-state index in [-0.39, 0.29) is 0 Å². The molecule has 112 valence electrons. The van der Waals surface area contributed by atoms with Crippen LogP contribution in [0.25, 0.3) is 0 Å². The molecular weight excluding hydrogens is 264 g/mol. The Hall–Kier alpha value is -1.65. The third-order valence-corrected chi connectivity index (χ3v) is 3.94. The lowest BCUT2D eigenvalue weighted by molar-refractivity contribution is 0.0200. The number of aryl methyl sites for hydroxylation is 1. The normalized spacial score (nSPS) is 15.7. The van der Waals surface area contributed by atoms with E-state index >= 15 is 0 Å². The molecule has 0 spiro atoms. The summed E-state index contributed by atoms with van der Waals surface area (Å²) < 4.78 is 7.68. The van der Waals surface area contributed by atoms with Gasteiger partial charge in [-0.2, -0.15) is 0 Å². The van der Waals surface area contributed by atoms with Crippen molar-refractivity contribution in [2.75, 3.05) is 6.61 Å². The first kappa shape index (κ1) is 14.3. The molecule has 1 atom stereocenters. The van der Waals surface area contributed by atoms with Crippen molar-refractivity contribution in [1.29, 1.82) is 0 Å². The van der Waals surface area contributed by atoms with Crippen LogP contribution in [0.3, 0.4) is 0 Å². The van der Waals surface area contributed by atoms with Crippen LogP contribution in [-0.2, 0) is 30.7 Å². The highest BCUT2D eigenvalue weighted by Gasteiger charge is 2.16. The molecule has 0 bridgehead atoms. The molecule has 4 nitrogen and oxygen atoms in total. The number of aliphatic hydroxyl groups is 1. The molecule has 0 saturated carbocycles. The van der Waals surface area contributed by atoms with Crippen molar-refractivity contribution >= 4 is 0 Å². The topological polar surface area (TPSA) is 47.3 Å². The van der Waals surface area contributed by atoms with Gasteiger partial charge in [0.2, 0.25) is 0 Å². The van der Waals surface area contributed by atoms with E-state index in [0.29, 0.717) is 19.8 Å². The van der Waals surface area contributed by atoms with E-state index in [1.54, 1.807) is 0 Å². The zero-order chi connectivity index (χ0) is 14.5. The Labute approximate surface area is 125 Å². The van der Waals surface area contributed by atoms with Crippen molar-refractivity contribution in [1.82, 2.24) is 9.55 Å². The number of nitrogens with zero attached hydrogens (tertiary/aromatic N) is 2. The highest BCUT2D eigenvalue weighted by Crippen LogP contribution is 2.20. The minimum absolute atomic E-state index is 0.349. The number of rotatable bonds is 6. The van der Waals surface area contributed by atoms with E-state index in [1.807, 2.05) is 36.7 Å². The number of fused-ring (bicyclic) bond motifs is 1. The molecule has 2 aromatic rings. The van der Waals surface area contributed by atoms with Crippen LogP contribution in [0.5, 0.6) is 0 Å². The van der Waals surface area contributed by atoms with Gasteiger partial charge in [0.05, 0.1) is 37.9 Å². The van der Waals surface area contributed by atoms with Crippen LogP contribution in [0.1, 0.15) is 29.8 Å². The summed E-state index contributed by atoms with van der Waals surface area (Å²) >= 11 is 0. The van der Waals surface area contributed by atoms with E-state index < -0.39 is 6.10 Å². The molecule has 3 rings (SSSR count). The lowest BCUT2D eigenvalue weighted by Gasteiger charge is -2.17. The number of hydrogen-bond acceptors (Lipinski definition) is 3. The highest BCUT2D eigenvalue weighted by molar-refractivity contribution is 5.16. The third kappa shape index (κ3) is 3.71. The summed E-state index contributed by atoms with van der Waals surface area (Å²) in [4.78, 5) is 4.45. The fraction of sp³-hybridized carbons (Fsp3) is 0.471. The molecule has 1 aromatic heterocycles. The largest absolute Gasteiger partial charge is 0.389 e. The van der Waals surface area contributed by atoms with E-state index in [2.05, 4.69) is 9.55 Å². The van der Waals surface area contributed by atoms with Crippen LogP contribution in [0, 0.1) is 0 Å². The second-order valence-corrected chi connectivity index (χ2v) is 5.65. The predicted molar refractivity (Wildman–Crippen MR) is 81.0 cm³/mol. The maximum atomic E-state index is 10.1. The molecular formula is C17H22N2O2. The minimum Gasteiger partial charge on any atom is -0.389 e. The molecule has 21 heavy (non-hydrogen) atoms. The molecule has 1 aliphatic carbocycles. The van der Waals surface area contributed by atoms with E-state index in [1.165, 1.54) is 24.2 Å². The Morgan fingerprint density at radius 1 is 1.19 bits per heavy atom. The van der Waals surface area contributed by atoms with Gasteiger partial charge >= 0.3 is 0 Å². The zero-order valence-electron chi connectivity index (χ0n) is 12.2. The van der Waals surface area contributed by atoms with Gasteiger partial charge < -0.3 is 14.4 Å². The van der Waals surface area contributed by atoms with Crippen molar-refractivity contribution in [2.24, 2.45) is 0 Å². The van der Waals surface area contributed by atoms with E-state index in [9.17, 15) is 5.11 Å². The van der Waals surface area contributed by atoms with Crippen molar-refractivity contribution in [3.05, 3.63) is 53.6 Å². The van der Waals surface area contributed by atoms with Crippen LogP contribution in [0.4, 0.5) is 0 Å². The van der Waals surface area contributed by atoms with Gasteiger partial charge in [-0.1, -0.05) is 30.3 Å².